The molecular formula is C13H20N2O3S. The number of nitrogens with two attached hydrogens (primary N) is 1. The molecule has 2 rings (SSSR count). The molecule has 1 aliphatic heterocycles. The van der Waals surface area contributed by atoms with Crippen LogP contribution in [-0.2, 0) is 16.4 Å². The van der Waals surface area contributed by atoms with Gasteiger partial charge in [0.1, 0.15) is 10.6 Å². The normalized spacial score (nSPS) is 15.4. The van der Waals surface area contributed by atoms with E-state index in [1.54, 1.807) is 13.1 Å². The molecule has 0 atom stereocenters. The van der Waals surface area contributed by atoms with Crippen molar-refractivity contribution in [3.8, 4) is 5.75 Å². The molecule has 106 valence electrons. The molecule has 0 saturated heterocycles. The van der Waals surface area contributed by atoms with Crippen molar-refractivity contribution in [1.29, 1.82) is 0 Å². The third-order valence-corrected chi connectivity index (χ3v) is 5.41. The largest absolute Gasteiger partial charge is 0.492 e. The van der Waals surface area contributed by atoms with E-state index >= 15 is 0 Å². The van der Waals surface area contributed by atoms with E-state index in [9.17, 15) is 8.42 Å². The average molecular weight is 284 g/mol. The summed E-state index contributed by atoms with van der Waals surface area (Å²) in [6.07, 6.45) is 1.68. The molecule has 0 amide bonds. The first-order chi connectivity index (χ1) is 8.84. The van der Waals surface area contributed by atoms with Crippen LogP contribution in [0.25, 0.3) is 0 Å². The van der Waals surface area contributed by atoms with E-state index in [4.69, 9.17) is 10.5 Å². The molecule has 0 aromatic heterocycles. The summed E-state index contributed by atoms with van der Waals surface area (Å²) in [5.41, 5.74) is 7.15. The van der Waals surface area contributed by atoms with Gasteiger partial charge in [0.25, 0.3) is 0 Å². The SMILES string of the molecule is CC(C)N(C)S(=O)(=O)c1cc(N)cc2c1OCCC2. The summed E-state index contributed by atoms with van der Waals surface area (Å²) >= 11 is 0. The molecule has 1 heterocycles. The van der Waals surface area contributed by atoms with Crippen molar-refractivity contribution in [3.05, 3.63) is 17.7 Å². The molecule has 19 heavy (non-hydrogen) atoms. The maximum absolute atomic E-state index is 12.6. The van der Waals surface area contributed by atoms with Crippen LogP contribution < -0.4 is 10.5 Å². The van der Waals surface area contributed by atoms with Crippen LogP contribution in [0.15, 0.2) is 17.0 Å². The quantitative estimate of drug-likeness (QED) is 0.856. The fourth-order valence-electron chi connectivity index (χ4n) is 2.09. The maximum Gasteiger partial charge on any atom is 0.246 e. The Labute approximate surface area is 114 Å². The zero-order valence-electron chi connectivity index (χ0n) is 11.5. The Morgan fingerprint density at radius 2 is 2.05 bits per heavy atom. The van der Waals surface area contributed by atoms with Gasteiger partial charge >= 0.3 is 0 Å². The molecule has 1 aliphatic rings. The van der Waals surface area contributed by atoms with Gasteiger partial charge in [-0.15, -0.1) is 0 Å². The number of hydrogen-bond acceptors (Lipinski definition) is 4. The second-order valence-corrected chi connectivity index (χ2v) is 7.04. The summed E-state index contributed by atoms with van der Waals surface area (Å²) in [6.45, 7) is 4.21. The highest BCUT2D eigenvalue weighted by molar-refractivity contribution is 7.89. The van der Waals surface area contributed by atoms with Crippen LogP contribution in [0.2, 0.25) is 0 Å². The van der Waals surface area contributed by atoms with Gasteiger partial charge in [-0.25, -0.2) is 8.42 Å². The number of benzene rings is 1. The predicted molar refractivity (Wildman–Crippen MR) is 74.8 cm³/mol. The second kappa shape index (κ2) is 5.02. The lowest BCUT2D eigenvalue weighted by Gasteiger charge is -2.25. The Kier molecular flexibility index (Phi) is 3.73. The van der Waals surface area contributed by atoms with Gasteiger partial charge in [0.05, 0.1) is 6.61 Å². The first-order valence-electron chi connectivity index (χ1n) is 6.37. The first kappa shape index (κ1) is 14.1. The number of sulfonamides is 1. The van der Waals surface area contributed by atoms with Gasteiger partial charge in [-0.2, -0.15) is 4.31 Å². The van der Waals surface area contributed by atoms with Gasteiger partial charge in [-0.05, 0) is 44.4 Å². The van der Waals surface area contributed by atoms with E-state index < -0.39 is 10.0 Å². The van der Waals surface area contributed by atoms with Crippen molar-refractivity contribution >= 4 is 15.7 Å². The summed E-state index contributed by atoms with van der Waals surface area (Å²) < 4.78 is 32.1. The molecule has 1 aromatic rings. The standard InChI is InChI=1S/C13H20N2O3S/c1-9(2)15(3)19(16,17)12-8-11(14)7-10-5-4-6-18-13(10)12/h7-9H,4-6,14H2,1-3H3. The number of ether oxygens (including phenoxy) is 1. The second-order valence-electron chi connectivity index (χ2n) is 5.07. The molecule has 0 radical (unpaired) electrons. The van der Waals surface area contributed by atoms with Crippen molar-refractivity contribution in [2.45, 2.75) is 37.6 Å². The van der Waals surface area contributed by atoms with Crippen molar-refractivity contribution in [3.63, 3.8) is 0 Å². The first-order valence-corrected chi connectivity index (χ1v) is 7.81. The van der Waals surface area contributed by atoms with Crippen LogP contribution in [0.1, 0.15) is 25.8 Å². The van der Waals surface area contributed by atoms with Crippen molar-refractivity contribution in [2.24, 2.45) is 0 Å². The lowest BCUT2D eigenvalue weighted by molar-refractivity contribution is 0.279. The highest BCUT2D eigenvalue weighted by atomic mass is 32.2. The Hall–Kier alpha value is -1.27. The summed E-state index contributed by atoms with van der Waals surface area (Å²) in [5.74, 6) is 0.466. The number of hydrogen-bond donors (Lipinski definition) is 1. The highest BCUT2D eigenvalue weighted by Crippen LogP contribution is 2.36. The van der Waals surface area contributed by atoms with Crippen molar-refractivity contribution in [1.82, 2.24) is 4.31 Å². The molecule has 0 fully saturated rings. The van der Waals surface area contributed by atoms with Gasteiger partial charge in [0, 0.05) is 18.8 Å². The zero-order chi connectivity index (χ0) is 14.2. The van der Waals surface area contributed by atoms with Crippen LogP contribution in [0, 0.1) is 0 Å². The van der Waals surface area contributed by atoms with Crippen LogP contribution >= 0.6 is 0 Å². The van der Waals surface area contributed by atoms with Crippen molar-refractivity contribution in [2.75, 3.05) is 19.4 Å². The van der Waals surface area contributed by atoms with Crippen molar-refractivity contribution < 1.29 is 13.2 Å². The summed E-state index contributed by atoms with van der Waals surface area (Å²) in [5, 5.41) is 0. The van der Waals surface area contributed by atoms with E-state index in [2.05, 4.69) is 0 Å². The van der Waals surface area contributed by atoms with E-state index in [0.717, 1.165) is 18.4 Å². The van der Waals surface area contributed by atoms with E-state index in [0.29, 0.717) is 18.0 Å². The van der Waals surface area contributed by atoms with Gasteiger partial charge in [0.15, 0.2) is 0 Å². The number of anilines is 1. The van der Waals surface area contributed by atoms with Crippen LogP contribution in [0.4, 0.5) is 5.69 Å². The Bertz CT molecular complexity index is 582. The van der Waals surface area contributed by atoms with E-state index in [1.165, 1.54) is 10.4 Å². The van der Waals surface area contributed by atoms with E-state index in [-0.39, 0.29) is 10.9 Å². The monoisotopic (exact) mass is 284 g/mol. The Morgan fingerprint density at radius 1 is 1.37 bits per heavy atom. The Balaban J connectivity index is 2.59. The molecule has 6 heteroatoms. The molecular weight excluding hydrogens is 264 g/mol. The molecule has 1 aromatic carbocycles. The Morgan fingerprint density at radius 3 is 2.68 bits per heavy atom. The minimum atomic E-state index is -3.57. The van der Waals surface area contributed by atoms with Gasteiger partial charge in [-0.3, -0.25) is 0 Å². The average Bonchev–Trinajstić information content (AvgIpc) is 2.36. The maximum atomic E-state index is 12.6. The van der Waals surface area contributed by atoms with Crippen LogP contribution in [0.5, 0.6) is 5.75 Å². The third kappa shape index (κ3) is 2.55. The lowest BCUT2D eigenvalue weighted by atomic mass is 10.1. The minimum Gasteiger partial charge on any atom is -0.492 e. The number of nitrogens with zero attached hydrogens (tertiary/aromatic N) is 1. The lowest BCUT2D eigenvalue weighted by Crippen LogP contribution is -2.33. The predicted octanol–water partition coefficient (Wildman–Crippen LogP) is 1.62. The number of aryl methyl sites for hydroxylation is 1. The third-order valence-electron chi connectivity index (χ3n) is 3.38. The van der Waals surface area contributed by atoms with Crippen LogP contribution in [0.3, 0.4) is 0 Å². The molecule has 2 N–H and O–H groups in total. The summed E-state index contributed by atoms with van der Waals surface area (Å²) in [6, 6.07) is 3.16. The number of rotatable bonds is 3. The van der Waals surface area contributed by atoms with E-state index in [1.807, 2.05) is 13.8 Å². The fraction of sp³-hybridized carbons (Fsp3) is 0.538. The molecule has 0 bridgehead atoms. The van der Waals surface area contributed by atoms with Gasteiger partial charge in [-0.1, -0.05) is 0 Å². The summed E-state index contributed by atoms with van der Waals surface area (Å²) in [4.78, 5) is 0.179. The molecule has 5 nitrogen and oxygen atoms in total. The fourth-order valence-corrected chi connectivity index (χ4v) is 3.67. The zero-order valence-corrected chi connectivity index (χ0v) is 12.3. The van der Waals surface area contributed by atoms with Gasteiger partial charge in [0.2, 0.25) is 10.0 Å². The number of fused-ring (bicyclic) bond motifs is 1. The summed E-state index contributed by atoms with van der Waals surface area (Å²) in [7, 11) is -2.01. The number of nitrogen functional groups attached to an aromatic ring is 1. The smallest absolute Gasteiger partial charge is 0.246 e. The topological polar surface area (TPSA) is 72.6 Å². The van der Waals surface area contributed by atoms with Gasteiger partial charge < -0.3 is 10.5 Å². The molecule has 0 unspecified atom stereocenters. The molecule has 0 saturated carbocycles. The molecule has 0 spiro atoms. The highest BCUT2D eigenvalue weighted by Gasteiger charge is 2.29. The minimum absolute atomic E-state index is 0.120. The molecule has 0 aliphatic carbocycles. The van der Waals surface area contributed by atoms with Crippen LogP contribution in [-0.4, -0.2) is 32.4 Å².